The van der Waals surface area contributed by atoms with E-state index in [0.29, 0.717) is 21.5 Å². The maximum Gasteiger partial charge on any atom is 0.257 e. The Morgan fingerprint density at radius 3 is 2.88 bits per heavy atom. The highest BCUT2D eigenvalue weighted by Gasteiger charge is 2.11. The van der Waals surface area contributed by atoms with E-state index in [1.54, 1.807) is 31.4 Å². The van der Waals surface area contributed by atoms with Gasteiger partial charge in [0.2, 0.25) is 0 Å². The van der Waals surface area contributed by atoms with E-state index in [4.69, 9.17) is 28.6 Å². The molecule has 0 bridgehead atoms. The van der Waals surface area contributed by atoms with Crippen molar-refractivity contribution in [2.75, 3.05) is 12.4 Å². The van der Waals surface area contributed by atoms with Gasteiger partial charge in [0.1, 0.15) is 5.75 Å². The zero-order valence-electron chi connectivity index (χ0n) is 13.4. The highest BCUT2D eigenvalue weighted by molar-refractivity contribution is 7.80. The lowest BCUT2D eigenvalue weighted by Crippen LogP contribution is -2.34. The zero-order chi connectivity index (χ0) is 18.0. The van der Waals surface area contributed by atoms with Gasteiger partial charge in [0, 0.05) is 10.6 Å². The monoisotopic (exact) mass is 391 g/mol. The largest absolute Gasteiger partial charge is 0.497 e. The molecule has 5 nitrogen and oxygen atoms in total. The van der Waals surface area contributed by atoms with Crippen molar-refractivity contribution >= 4 is 61.5 Å². The summed E-state index contributed by atoms with van der Waals surface area (Å²) in [5.74, 6) is 0.279. The van der Waals surface area contributed by atoms with Crippen molar-refractivity contribution in [3.63, 3.8) is 0 Å². The van der Waals surface area contributed by atoms with Crippen LogP contribution in [0, 0.1) is 6.92 Å². The predicted molar refractivity (Wildman–Crippen MR) is 106 cm³/mol. The van der Waals surface area contributed by atoms with Crippen molar-refractivity contribution in [2.45, 2.75) is 6.92 Å². The molecule has 3 rings (SSSR count). The van der Waals surface area contributed by atoms with Crippen LogP contribution in [0.3, 0.4) is 0 Å². The summed E-state index contributed by atoms with van der Waals surface area (Å²) in [5, 5.41) is 6.99. The first-order chi connectivity index (χ1) is 12.0. The number of nitrogens with one attached hydrogen (secondary N) is 2. The third-order valence-corrected chi connectivity index (χ3v) is 4.99. The van der Waals surface area contributed by atoms with E-state index in [2.05, 4.69) is 15.6 Å². The fraction of sp³-hybridized carbons (Fsp3) is 0.118. The van der Waals surface area contributed by atoms with Gasteiger partial charge in [0.15, 0.2) is 10.2 Å². The number of methoxy groups -OCH3 is 1. The molecule has 0 saturated carbocycles. The van der Waals surface area contributed by atoms with Crippen molar-refractivity contribution in [3.05, 3.63) is 52.5 Å². The standard InChI is InChI=1S/C17H14ClN3O2S2/c1-9-6-14-13(8-12(9)18)19-17(25-14)21-16(24)20-15(22)10-4-3-5-11(7-10)23-2/h3-8H,1-2H3,(H2,19,20,21,22,24). The summed E-state index contributed by atoms with van der Waals surface area (Å²) in [6, 6.07) is 10.6. The average molecular weight is 392 g/mol. The first-order valence-corrected chi connectivity index (χ1v) is 8.89. The van der Waals surface area contributed by atoms with Crippen molar-refractivity contribution in [1.29, 1.82) is 0 Å². The molecular weight excluding hydrogens is 378 g/mol. The van der Waals surface area contributed by atoms with Crippen LogP contribution >= 0.6 is 35.2 Å². The summed E-state index contributed by atoms with van der Waals surface area (Å²) in [6.45, 7) is 1.94. The molecular formula is C17H14ClN3O2S2. The Morgan fingerprint density at radius 1 is 1.32 bits per heavy atom. The number of carbonyl (C=O) groups is 1. The van der Waals surface area contributed by atoms with Gasteiger partial charge in [-0.05, 0) is 55.0 Å². The quantitative estimate of drug-likeness (QED) is 0.648. The van der Waals surface area contributed by atoms with Gasteiger partial charge in [0.25, 0.3) is 5.91 Å². The summed E-state index contributed by atoms with van der Waals surface area (Å²) in [5.41, 5.74) is 2.22. The number of carbonyl (C=O) groups excluding carboxylic acids is 1. The maximum atomic E-state index is 12.2. The molecule has 128 valence electrons. The molecule has 0 aliphatic heterocycles. The van der Waals surface area contributed by atoms with Gasteiger partial charge in [-0.2, -0.15) is 0 Å². The van der Waals surface area contributed by atoms with Crippen LogP contribution in [0.2, 0.25) is 5.02 Å². The van der Waals surface area contributed by atoms with E-state index in [1.807, 2.05) is 19.1 Å². The molecule has 0 fully saturated rings. The molecule has 0 aliphatic rings. The summed E-state index contributed by atoms with van der Waals surface area (Å²) < 4.78 is 6.10. The number of rotatable bonds is 3. The first-order valence-electron chi connectivity index (χ1n) is 7.29. The van der Waals surface area contributed by atoms with Gasteiger partial charge >= 0.3 is 0 Å². The smallest absolute Gasteiger partial charge is 0.257 e. The van der Waals surface area contributed by atoms with Gasteiger partial charge in [-0.1, -0.05) is 29.0 Å². The van der Waals surface area contributed by atoms with E-state index >= 15 is 0 Å². The Labute approximate surface area is 159 Å². The molecule has 1 heterocycles. The van der Waals surface area contributed by atoms with Crippen LogP contribution in [-0.2, 0) is 0 Å². The molecule has 0 unspecified atom stereocenters. The number of amides is 1. The normalized spacial score (nSPS) is 10.5. The molecule has 0 atom stereocenters. The average Bonchev–Trinajstić information content (AvgIpc) is 2.96. The third-order valence-electron chi connectivity index (χ3n) is 3.45. The highest BCUT2D eigenvalue weighted by atomic mass is 35.5. The van der Waals surface area contributed by atoms with Crippen LogP contribution in [0.5, 0.6) is 5.75 Å². The van der Waals surface area contributed by atoms with Crippen LogP contribution in [-0.4, -0.2) is 23.1 Å². The number of ether oxygens (including phenoxy) is 1. The van der Waals surface area contributed by atoms with Gasteiger partial charge < -0.3 is 10.1 Å². The summed E-state index contributed by atoms with van der Waals surface area (Å²) >= 11 is 12.7. The molecule has 2 aromatic carbocycles. The zero-order valence-corrected chi connectivity index (χ0v) is 15.8. The predicted octanol–water partition coefficient (Wildman–Crippen LogP) is 4.39. The van der Waals surface area contributed by atoms with Crippen molar-refractivity contribution in [3.8, 4) is 5.75 Å². The molecule has 1 aromatic heterocycles. The lowest BCUT2D eigenvalue weighted by atomic mass is 10.2. The van der Waals surface area contributed by atoms with Crippen LogP contribution in [0.1, 0.15) is 15.9 Å². The molecule has 1 amide bonds. The van der Waals surface area contributed by atoms with Gasteiger partial charge in [-0.3, -0.25) is 10.1 Å². The number of halogens is 1. The van der Waals surface area contributed by atoms with E-state index < -0.39 is 0 Å². The number of hydrogen-bond donors (Lipinski definition) is 2. The molecule has 25 heavy (non-hydrogen) atoms. The Balaban J connectivity index is 1.70. The van der Waals surface area contributed by atoms with E-state index in [1.165, 1.54) is 11.3 Å². The lowest BCUT2D eigenvalue weighted by Gasteiger charge is -2.08. The number of fused-ring (bicyclic) bond motifs is 1. The minimum atomic E-state index is -0.323. The van der Waals surface area contributed by atoms with Crippen molar-refractivity contribution in [2.24, 2.45) is 0 Å². The maximum absolute atomic E-state index is 12.2. The number of thiazole rings is 1. The van der Waals surface area contributed by atoms with Crippen molar-refractivity contribution in [1.82, 2.24) is 10.3 Å². The number of hydrogen-bond acceptors (Lipinski definition) is 5. The summed E-state index contributed by atoms with van der Waals surface area (Å²) in [4.78, 5) is 16.7. The van der Waals surface area contributed by atoms with E-state index in [-0.39, 0.29) is 11.0 Å². The van der Waals surface area contributed by atoms with Gasteiger partial charge in [0.05, 0.1) is 17.3 Å². The first kappa shape index (κ1) is 17.6. The fourth-order valence-electron chi connectivity index (χ4n) is 2.17. The van der Waals surface area contributed by atoms with E-state index in [0.717, 1.165) is 15.8 Å². The molecule has 0 spiro atoms. The van der Waals surface area contributed by atoms with Gasteiger partial charge in [-0.25, -0.2) is 4.98 Å². The fourth-order valence-corrected chi connectivity index (χ4v) is 3.53. The molecule has 8 heteroatoms. The topological polar surface area (TPSA) is 63.2 Å². The summed E-state index contributed by atoms with van der Waals surface area (Å²) in [7, 11) is 1.55. The minimum absolute atomic E-state index is 0.176. The Kier molecular flexibility index (Phi) is 5.17. The molecule has 0 aliphatic carbocycles. The molecule has 2 N–H and O–H groups in total. The number of anilines is 1. The SMILES string of the molecule is COc1cccc(C(=O)NC(=S)Nc2nc3cc(Cl)c(C)cc3s2)c1. The Bertz CT molecular complexity index is 933. The number of aryl methyl sites for hydroxylation is 1. The molecule has 3 aromatic rings. The second-order valence-electron chi connectivity index (χ2n) is 5.23. The van der Waals surface area contributed by atoms with Crippen LogP contribution in [0.4, 0.5) is 5.13 Å². The molecule has 0 radical (unpaired) electrons. The minimum Gasteiger partial charge on any atom is -0.497 e. The number of aromatic nitrogens is 1. The third kappa shape index (κ3) is 4.07. The second-order valence-corrected chi connectivity index (χ2v) is 7.07. The van der Waals surface area contributed by atoms with Crippen LogP contribution < -0.4 is 15.4 Å². The number of thiocarbonyl (C=S) groups is 1. The lowest BCUT2D eigenvalue weighted by molar-refractivity contribution is 0.0977. The Morgan fingerprint density at radius 2 is 2.12 bits per heavy atom. The number of benzene rings is 2. The van der Waals surface area contributed by atoms with Crippen LogP contribution in [0.15, 0.2) is 36.4 Å². The van der Waals surface area contributed by atoms with E-state index in [9.17, 15) is 4.79 Å². The Hall–Kier alpha value is -2.22. The second kappa shape index (κ2) is 7.35. The number of nitrogens with zero attached hydrogens (tertiary/aromatic N) is 1. The van der Waals surface area contributed by atoms with Crippen LogP contribution in [0.25, 0.3) is 10.2 Å². The van der Waals surface area contributed by atoms with Gasteiger partial charge in [-0.15, -0.1) is 0 Å². The van der Waals surface area contributed by atoms with Crippen molar-refractivity contribution < 1.29 is 9.53 Å². The molecule has 0 saturated heterocycles. The highest BCUT2D eigenvalue weighted by Crippen LogP contribution is 2.30. The summed E-state index contributed by atoms with van der Waals surface area (Å²) in [6.07, 6.45) is 0.